The molecule has 0 fully saturated rings. The van der Waals surface area contributed by atoms with Gasteiger partial charge in [-0.15, -0.1) is 0 Å². The van der Waals surface area contributed by atoms with Gasteiger partial charge in [-0.3, -0.25) is 0 Å². The zero-order valence-electron chi connectivity index (χ0n) is 9.67. The number of carbonyl (C=O) groups excluding carboxylic acids is 1. The molecule has 4 nitrogen and oxygen atoms in total. The zero-order chi connectivity index (χ0) is 12.1. The smallest absolute Gasteiger partial charge is 0.338 e. The normalized spacial score (nSPS) is 10.2. The SMILES string of the molecule is Cc1ccc(C(=O)OCCn2ccnc2)cc1. The van der Waals surface area contributed by atoms with Crippen molar-refractivity contribution >= 4 is 5.97 Å². The minimum atomic E-state index is -0.287. The Morgan fingerprint density at radius 3 is 2.76 bits per heavy atom. The van der Waals surface area contributed by atoms with Crippen LogP contribution in [0.5, 0.6) is 0 Å². The number of hydrogen-bond acceptors (Lipinski definition) is 3. The van der Waals surface area contributed by atoms with Gasteiger partial charge in [0.1, 0.15) is 6.61 Å². The van der Waals surface area contributed by atoms with E-state index < -0.39 is 0 Å². The molecule has 17 heavy (non-hydrogen) atoms. The number of imidazole rings is 1. The summed E-state index contributed by atoms with van der Waals surface area (Å²) in [4.78, 5) is 15.5. The summed E-state index contributed by atoms with van der Waals surface area (Å²) < 4.78 is 7.02. The molecule has 2 rings (SSSR count). The number of aryl methyl sites for hydroxylation is 1. The average Bonchev–Trinajstić information content (AvgIpc) is 2.83. The Labute approximate surface area is 99.9 Å². The molecule has 0 N–H and O–H groups in total. The van der Waals surface area contributed by atoms with Crippen molar-refractivity contribution in [2.75, 3.05) is 6.61 Å². The van der Waals surface area contributed by atoms with Crippen LogP contribution in [0.3, 0.4) is 0 Å². The third kappa shape index (κ3) is 3.17. The van der Waals surface area contributed by atoms with Crippen LogP contribution >= 0.6 is 0 Å². The fourth-order valence-corrected chi connectivity index (χ4v) is 1.44. The number of ether oxygens (including phenoxy) is 1. The van der Waals surface area contributed by atoms with Crippen molar-refractivity contribution in [3.63, 3.8) is 0 Å². The van der Waals surface area contributed by atoms with E-state index in [4.69, 9.17) is 4.74 Å². The Balaban J connectivity index is 1.83. The van der Waals surface area contributed by atoms with Gasteiger partial charge in [0.15, 0.2) is 0 Å². The first-order chi connectivity index (χ1) is 8.25. The number of hydrogen-bond donors (Lipinski definition) is 0. The Kier molecular flexibility index (Phi) is 3.55. The second-order valence-corrected chi connectivity index (χ2v) is 3.80. The summed E-state index contributed by atoms with van der Waals surface area (Å²) in [5.41, 5.74) is 1.71. The standard InChI is InChI=1S/C13H14N2O2/c1-11-2-4-12(5-3-11)13(16)17-9-8-15-7-6-14-10-15/h2-7,10H,8-9H2,1H3. The summed E-state index contributed by atoms with van der Waals surface area (Å²) in [5.74, 6) is -0.287. The molecule has 0 aliphatic carbocycles. The van der Waals surface area contributed by atoms with Crippen LogP contribution in [0.2, 0.25) is 0 Å². The van der Waals surface area contributed by atoms with Crippen molar-refractivity contribution in [2.24, 2.45) is 0 Å². The first kappa shape index (κ1) is 11.4. The number of benzene rings is 1. The summed E-state index contributed by atoms with van der Waals surface area (Å²) in [6, 6.07) is 7.34. The molecule has 0 aliphatic heterocycles. The fourth-order valence-electron chi connectivity index (χ4n) is 1.44. The molecule has 0 unspecified atom stereocenters. The van der Waals surface area contributed by atoms with Gasteiger partial charge in [-0.05, 0) is 19.1 Å². The summed E-state index contributed by atoms with van der Waals surface area (Å²) in [6.45, 7) is 2.95. The minimum Gasteiger partial charge on any atom is -0.460 e. The molecule has 0 saturated heterocycles. The van der Waals surface area contributed by atoms with Crippen LogP contribution < -0.4 is 0 Å². The van der Waals surface area contributed by atoms with Crippen molar-refractivity contribution in [3.05, 3.63) is 54.1 Å². The van der Waals surface area contributed by atoms with Gasteiger partial charge < -0.3 is 9.30 Å². The van der Waals surface area contributed by atoms with Crippen molar-refractivity contribution in [2.45, 2.75) is 13.5 Å². The van der Waals surface area contributed by atoms with E-state index in [1.54, 1.807) is 24.7 Å². The van der Waals surface area contributed by atoms with E-state index in [0.29, 0.717) is 18.7 Å². The lowest BCUT2D eigenvalue weighted by molar-refractivity contribution is 0.0491. The van der Waals surface area contributed by atoms with Crippen LogP contribution in [0, 0.1) is 6.92 Å². The number of rotatable bonds is 4. The summed E-state index contributed by atoms with van der Waals surface area (Å²) >= 11 is 0. The highest BCUT2D eigenvalue weighted by atomic mass is 16.5. The largest absolute Gasteiger partial charge is 0.460 e. The van der Waals surface area contributed by atoms with Crippen molar-refractivity contribution in [1.29, 1.82) is 0 Å². The van der Waals surface area contributed by atoms with Gasteiger partial charge in [-0.25, -0.2) is 9.78 Å². The van der Waals surface area contributed by atoms with Crippen LogP contribution in [0.4, 0.5) is 0 Å². The third-order valence-electron chi connectivity index (χ3n) is 2.43. The third-order valence-corrected chi connectivity index (χ3v) is 2.43. The Bertz CT molecular complexity index is 475. The first-order valence-corrected chi connectivity index (χ1v) is 5.45. The Morgan fingerprint density at radius 1 is 1.35 bits per heavy atom. The topological polar surface area (TPSA) is 44.1 Å². The van der Waals surface area contributed by atoms with Crippen LogP contribution in [0.15, 0.2) is 43.0 Å². The second kappa shape index (κ2) is 5.30. The lowest BCUT2D eigenvalue weighted by atomic mass is 10.1. The molecule has 0 spiro atoms. The summed E-state index contributed by atoms with van der Waals surface area (Å²) in [7, 11) is 0. The molecule has 0 atom stereocenters. The van der Waals surface area contributed by atoms with Crippen LogP contribution in [-0.4, -0.2) is 22.1 Å². The number of esters is 1. The van der Waals surface area contributed by atoms with E-state index >= 15 is 0 Å². The van der Waals surface area contributed by atoms with Crippen LogP contribution in [0.25, 0.3) is 0 Å². The maximum Gasteiger partial charge on any atom is 0.338 e. The average molecular weight is 230 g/mol. The molecule has 1 aromatic carbocycles. The first-order valence-electron chi connectivity index (χ1n) is 5.45. The highest BCUT2D eigenvalue weighted by Crippen LogP contribution is 2.04. The number of carbonyl (C=O) groups is 1. The molecular formula is C13H14N2O2. The van der Waals surface area contributed by atoms with Gasteiger partial charge >= 0.3 is 5.97 Å². The molecule has 0 saturated carbocycles. The molecule has 88 valence electrons. The van der Waals surface area contributed by atoms with Gasteiger partial charge in [-0.1, -0.05) is 17.7 Å². The highest BCUT2D eigenvalue weighted by Gasteiger charge is 2.05. The van der Waals surface area contributed by atoms with Crippen molar-refractivity contribution in [1.82, 2.24) is 9.55 Å². The highest BCUT2D eigenvalue weighted by molar-refractivity contribution is 5.89. The molecule has 0 radical (unpaired) electrons. The maximum absolute atomic E-state index is 11.6. The maximum atomic E-state index is 11.6. The Hall–Kier alpha value is -2.10. The van der Waals surface area contributed by atoms with Crippen LogP contribution in [-0.2, 0) is 11.3 Å². The molecule has 0 bridgehead atoms. The quantitative estimate of drug-likeness (QED) is 0.755. The monoisotopic (exact) mass is 230 g/mol. The van der Waals surface area contributed by atoms with E-state index in [9.17, 15) is 4.79 Å². The van der Waals surface area contributed by atoms with E-state index in [-0.39, 0.29) is 5.97 Å². The lowest BCUT2D eigenvalue weighted by Crippen LogP contribution is -2.10. The molecule has 2 aromatic rings. The predicted molar refractivity (Wildman–Crippen MR) is 63.7 cm³/mol. The van der Waals surface area contributed by atoms with Crippen LogP contribution in [0.1, 0.15) is 15.9 Å². The van der Waals surface area contributed by atoms with Gasteiger partial charge in [0.05, 0.1) is 18.4 Å². The van der Waals surface area contributed by atoms with Gasteiger partial charge in [0, 0.05) is 12.4 Å². The minimum absolute atomic E-state index is 0.287. The van der Waals surface area contributed by atoms with E-state index in [2.05, 4.69) is 4.98 Å². The van der Waals surface area contributed by atoms with Crippen molar-refractivity contribution < 1.29 is 9.53 Å². The predicted octanol–water partition coefficient (Wildman–Crippen LogP) is 2.05. The molecule has 1 aromatic heterocycles. The Morgan fingerprint density at radius 2 is 2.12 bits per heavy atom. The van der Waals surface area contributed by atoms with E-state index in [1.807, 2.05) is 29.8 Å². The zero-order valence-corrected chi connectivity index (χ0v) is 9.67. The summed E-state index contributed by atoms with van der Waals surface area (Å²) in [6.07, 6.45) is 5.22. The summed E-state index contributed by atoms with van der Waals surface area (Å²) in [5, 5.41) is 0. The van der Waals surface area contributed by atoms with Crippen molar-refractivity contribution in [3.8, 4) is 0 Å². The van der Waals surface area contributed by atoms with E-state index in [0.717, 1.165) is 5.56 Å². The molecule has 0 amide bonds. The molecular weight excluding hydrogens is 216 g/mol. The second-order valence-electron chi connectivity index (χ2n) is 3.80. The molecule has 0 aliphatic rings. The van der Waals surface area contributed by atoms with E-state index in [1.165, 1.54) is 0 Å². The van der Waals surface area contributed by atoms with Gasteiger partial charge in [0.25, 0.3) is 0 Å². The van der Waals surface area contributed by atoms with Gasteiger partial charge in [-0.2, -0.15) is 0 Å². The van der Waals surface area contributed by atoms with Gasteiger partial charge in [0.2, 0.25) is 0 Å². The number of aromatic nitrogens is 2. The lowest BCUT2D eigenvalue weighted by Gasteiger charge is -2.05. The molecule has 4 heteroatoms. The molecule has 1 heterocycles. The number of nitrogens with zero attached hydrogens (tertiary/aromatic N) is 2. The fraction of sp³-hybridized carbons (Fsp3) is 0.231.